The number of hydrogen-bond acceptors (Lipinski definition) is 4. The first kappa shape index (κ1) is 11.2. The molecule has 1 aromatic heterocycles. The lowest BCUT2D eigenvalue weighted by molar-refractivity contribution is -0.126. The first-order valence-electron chi connectivity index (χ1n) is 4.53. The zero-order chi connectivity index (χ0) is 11.1. The molecule has 5 nitrogen and oxygen atoms in total. The molecule has 5 heteroatoms. The summed E-state index contributed by atoms with van der Waals surface area (Å²) in [5, 5.41) is 2.04. The van der Waals surface area contributed by atoms with Crippen LogP contribution in [0.2, 0.25) is 0 Å². The minimum absolute atomic E-state index is 0.120. The fourth-order valence-electron chi connectivity index (χ4n) is 1.05. The molecule has 1 heterocycles. The van der Waals surface area contributed by atoms with Gasteiger partial charge in [0.25, 0.3) is 0 Å². The van der Waals surface area contributed by atoms with E-state index in [-0.39, 0.29) is 18.4 Å². The Morgan fingerprint density at radius 1 is 1.67 bits per heavy atom. The van der Waals surface area contributed by atoms with Crippen LogP contribution in [0.15, 0.2) is 24.4 Å². The van der Waals surface area contributed by atoms with E-state index < -0.39 is 0 Å². The van der Waals surface area contributed by atoms with Gasteiger partial charge >= 0.3 is 0 Å². The predicted octanol–water partition coefficient (Wildman–Crippen LogP) is 0.512. The number of rotatable bonds is 5. The monoisotopic (exact) mass is 208 g/mol. The summed E-state index contributed by atoms with van der Waals surface area (Å²) in [5.74, 6) is 0.0948. The number of nitrogens with zero attached hydrogens (tertiary/aromatic N) is 1. The third-order valence-electron chi connectivity index (χ3n) is 1.65. The molecule has 1 aromatic rings. The van der Waals surface area contributed by atoms with Gasteiger partial charge in [0.15, 0.2) is 0 Å². The van der Waals surface area contributed by atoms with Gasteiger partial charge in [0, 0.05) is 12.3 Å². The van der Waals surface area contributed by atoms with E-state index in [4.69, 9.17) is 4.74 Å². The van der Waals surface area contributed by atoms with Gasteiger partial charge in [0.2, 0.25) is 18.2 Å². The maximum absolute atomic E-state index is 11.0. The Morgan fingerprint density at radius 3 is 3.07 bits per heavy atom. The van der Waals surface area contributed by atoms with Crippen LogP contribution in [-0.2, 0) is 9.59 Å². The van der Waals surface area contributed by atoms with Crippen molar-refractivity contribution in [1.82, 2.24) is 10.3 Å². The summed E-state index contributed by atoms with van der Waals surface area (Å²) in [5.41, 5.74) is 0. The van der Waals surface area contributed by atoms with Crippen molar-refractivity contribution < 1.29 is 14.3 Å². The fourth-order valence-corrected chi connectivity index (χ4v) is 1.05. The first-order chi connectivity index (χ1) is 7.22. The van der Waals surface area contributed by atoms with E-state index >= 15 is 0 Å². The summed E-state index contributed by atoms with van der Waals surface area (Å²) in [6.07, 6.45) is 1.76. The summed E-state index contributed by atoms with van der Waals surface area (Å²) in [6.45, 7) is 1.74. The molecule has 0 aliphatic heterocycles. The number of pyridine rings is 1. The Balaban J connectivity index is 2.39. The Hall–Kier alpha value is -1.91. The summed E-state index contributed by atoms with van der Waals surface area (Å²) in [6, 6.07) is 5.27. The van der Waals surface area contributed by atoms with Crippen molar-refractivity contribution in [3.8, 4) is 5.88 Å². The first-order valence-corrected chi connectivity index (χ1v) is 4.53. The van der Waals surface area contributed by atoms with Crippen LogP contribution in [0.5, 0.6) is 5.88 Å². The molecule has 0 spiro atoms. The van der Waals surface area contributed by atoms with Crippen LogP contribution in [0.1, 0.15) is 13.3 Å². The van der Waals surface area contributed by atoms with Crippen LogP contribution in [0.4, 0.5) is 0 Å². The number of aromatic nitrogens is 1. The maximum atomic E-state index is 11.0. The van der Waals surface area contributed by atoms with Gasteiger partial charge in [-0.2, -0.15) is 0 Å². The molecule has 1 unspecified atom stereocenters. The Kier molecular flexibility index (Phi) is 4.28. The minimum Gasteiger partial charge on any atom is -0.474 e. The molecule has 0 fully saturated rings. The van der Waals surface area contributed by atoms with E-state index in [9.17, 15) is 9.59 Å². The second-order valence-electron chi connectivity index (χ2n) is 2.99. The van der Waals surface area contributed by atoms with Crippen molar-refractivity contribution in [3.05, 3.63) is 24.4 Å². The highest BCUT2D eigenvalue weighted by Crippen LogP contribution is 2.07. The van der Waals surface area contributed by atoms with Crippen molar-refractivity contribution in [2.45, 2.75) is 19.4 Å². The molecule has 80 valence electrons. The summed E-state index contributed by atoms with van der Waals surface area (Å²) < 4.78 is 5.34. The number of imide groups is 1. The summed E-state index contributed by atoms with van der Waals surface area (Å²) in [4.78, 5) is 24.9. The normalized spacial score (nSPS) is 11.5. The second kappa shape index (κ2) is 5.74. The molecule has 1 N–H and O–H groups in total. The van der Waals surface area contributed by atoms with Crippen LogP contribution in [0.3, 0.4) is 0 Å². The van der Waals surface area contributed by atoms with E-state index in [0.717, 1.165) is 0 Å². The SMILES string of the molecule is CC(CC(=O)NC=O)Oc1ccccn1. The number of carbonyl (C=O) groups excluding carboxylic acids is 2. The third-order valence-corrected chi connectivity index (χ3v) is 1.65. The van der Waals surface area contributed by atoms with Crippen molar-refractivity contribution in [2.75, 3.05) is 0 Å². The summed E-state index contributed by atoms with van der Waals surface area (Å²) >= 11 is 0. The van der Waals surface area contributed by atoms with Gasteiger partial charge in [-0.05, 0) is 13.0 Å². The highest BCUT2D eigenvalue weighted by atomic mass is 16.5. The molecular weight excluding hydrogens is 196 g/mol. The largest absolute Gasteiger partial charge is 0.474 e. The maximum Gasteiger partial charge on any atom is 0.230 e. The molecule has 1 atom stereocenters. The third kappa shape index (κ3) is 4.21. The van der Waals surface area contributed by atoms with Gasteiger partial charge in [0.05, 0.1) is 6.42 Å². The van der Waals surface area contributed by atoms with Crippen molar-refractivity contribution in [3.63, 3.8) is 0 Å². The van der Waals surface area contributed by atoms with E-state index in [2.05, 4.69) is 4.98 Å². The van der Waals surface area contributed by atoms with Crippen LogP contribution in [-0.4, -0.2) is 23.4 Å². The lowest BCUT2D eigenvalue weighted by atomic mass is 10.3. The molecule has 0 radical (unpaired) electrons. The van der Waals surface area contributed by atoms with Crippen LogP contribution in [0.25, 0.3) is 0 Å². The quantitative estimate of drug-likeness (QED) is 0.716. The number of ether oxygens (including phenoxy) is 1. The lowest BCUT2D eigenvalue weighted by Crippen LogP contribution is -2.27. The molecule has 1 rings (SSSR count). The van der Waals surface area contributed by atoms with Gasteiger partial charge < -0.3 is 4.74 Å². The molecule has 0 saturated heterocycles. The van der Waals surface area contributed by atoms with Crippen molar-refractivity contribution >= 4 is 12.3 Å². The van der Waals surface area contributed by atoms with E-state index in [1.807, 2.05) is 5.32 Å². The van der Waals surface area contributed by atoms with Crippen LogP contribution < -0.4 is 10.1 Å². The number of nitrogens with one attached hydrogen (secondary N) is 1. The zero-order valence-electron chi connectivity index (χ0n) is 8.34. The number of amides is 2. The van der Waals surface area contributed by atoms with Crippen molar-refractivity contribution in [2.24, 2.45) is 0 Å². The molecule has 0 aliphatic carbocycles. The van der Waals surface area contributed by atoms with Crippen LogP contribution in [0, 0.1) is 0 Å². The topological polar surface area (TPSA) is 68.3 Å². The molecule has 2 amide bonds. The lowest BCUT2D eigenvalue weighted by Gasteiger charge is -2.11. The standard InChI is InChI=1S/C10H12N2O3/c1-8(6-9(14)12-7-13)15-10-4-2-3-5-11-10/h2-5,7-8H,6H2,1H3,(H,12,13,14). The fraction of sp³-hybridized carbons (Fsp3) is 0.300. The van der Waals surface area contributed by atoms with E-state index in [1.54, 1.807) is 31.3 Å². The van der Waals surface area contributed by atoms with E-state index in [1.165, 1.54) is 0 Å². The van der Waals surface area contributed by atoms with E-state index in [0.29, 0.717) is 12.3 Å². The molecule has 0 bridgehead atoms. The minimum atomic E-state index is -0.367. The van der Waals surface area contributed by atoms with Gasteiger partial charge in [0.1, 0.15) is 6.10 Å². The summed E-state index contributed by atoms with van der Waals surface area (Å²) in [7, 11) is 0. The van der Waals surface area contributed by atoms with Crippen LogP contribution >= 0.6 is 0 Å². The predicted molar refractivity (Wildman–Crippen MR) is 53.2 cm³/mol. The smallest absolute Gasteiger partial charge is 0.230 e. The average Bonchev–Trinajstić information content (AvgIpc) is 2.19. The van der Waals surface area contributed by atoms with Gasteiger partial charge in [-0.3, -0.25) is 14.9 Å². The van der Waals surface area contributed by atoms with Gasteiger partial charge in [-0.15, -0.1) is 0 Å². The average molecular weight is 208 g/mol. The Bertz CT molecular complexity index is 327. The van der Waals surface area contributed by atoms with Crippen molar-refractivity contribution in [1.29, 1.82) is 0 Å². The highest BCUT2D eigenvalue weighted by molar-refractivity contribution is 5.86. The number of hydrogen-bond donors (Lipinski definition) is 1. The highest BCUT2D eigenvalue weighted by Gasteiger charge is 2.09. The molecule has 0 aliphatic rings. The molecule has 15 heavy (non-hydrogen) atoms. The molecule has 0 aromatic carbocycles. The Labute approximate surface area is 87.5 Å². The van der Waals surface area contributed by atoms with Gasteiger partial charge in [-0.1, -0.05) is 6.07 Å². The Morgan fingerprint density at radius 2 is 2.47 bits per heavy atom. The van der Waals surface area contributed by atoms with Gasteiger partial charge in [-0.25, -0.2) is 4.98 Å². The molecular formula is C10H12N2O3. The second-order valence-corrected chi connectivity index (χ2v) is 2.99. The zero-order valence-corrected chi connectivity index (χ0v) is 8.34. The molecule has 0 saturated carbocycles. The number of carbonyl (C=O) groups is 2.